The molecule has 0 unspecified atom stereocenters. The van der Waals surface area contributed by atoms with Crippen LogP contribution in [0.5, 0.6) is 0 Å². The van der Waals surface area contributed by atoms with Crippen molar-refractivity contribution in [1.82, 2.24) is 0 Å². The van der Waals surface area contributed by atoms with Crippen molar-refractivity contribution in [2.24, 2.45) is 11.8 Å². The molecule has 0 aromatic rings. The third kappa shape index (κ3) is 6.47. The third-order valence-electron chi connectivity index (χ3n) is 3.22. The fourth-order valence-corrected chi connectivity index (χ4v) is 2.30. The summed E-state index contributed by atoms with van der Waals surface area (Å²) in [5.74, 6) is 1.80. The van der Waals surface area contributed by atoms with Gasteiger partial charge in [-0.05, 0) is 17.7 Å². The maximum Gasteiger partial charge on any atom is 0.460 e. The van der Waals surface area contributed by atoms with E-state index < -0.39 is 0 Å². The molecule has 0 bridgehead atoms. The lowest BCUT2D eigenvalue weighted by atomic mass is 9.64. The van der Waals surface area contributed by atoms with Crippen molar-refractivity contribution in [3.8, 4) is 0 Å². The standard InChI is InChI=1S/C14H29BO2/c1-12(2)10-16-15(17-11-13(3)4)14-8-6-5-7-9-14/h12-14H,5-11H2,1-4H3. The third-order valence-corrected chi connectivity index (χ3v) is 3.22. The topological polar surface area (TPSA) is 18.5 Å². The molecule has 0 amide bonds. The largest absolute Gasteiger partial charge is 0.460 e. The molecule has 1 aliphatic carbocycles. The quantitative estimate of drug-likeness (QED) is 0.622. The molecule has 0 aliphatic heterocycles. The van der Waals surface area contributed by atoms with E-state index in [-0.39, 0.29) is 7.12 Å². The number of rotatable bonds is 7. The summed E-state index contributed by atoms with van der Waals surface area (Å²) in [5, 5.41) is 0. The number of hydrogen-bond acceptors (Lipinski definition) is 2. The van der Waals surface area contributed by atoms with Crippen LogP contribution >= 0.6 is 0 Å². The van der Waals surface area contributed by atoms with Gasteiger partial charge in [0.15, 0.2) is 0 Å². The zero-order valence-electron chi connectivity index (χ0n) is 12.1. The minimum absolute atomic E-state index is 0.0418. The van der Waals surface area contributed by atoms with E-state index in [2.05, 4.69) is 27.7 Å². The van der Waals surface area contributed by atoms with Crippen LogP contribution in [0, 0.1) is 11.8 Å². The zero-order chi connectivity index (χ0) is 12.7. The van der Waals surface area contributed by atoms with E-state index in [9.17, 15) is 0 Å². The summed E-state index contributed by atoms with van der Waals surface area (Å²) in [6, 6.07) is 0. The van der Waals surface area contributed by atoms with Crippen LogP contribution in [-0.2, 0) is 9.31 Å². The molecule has 2 nitrogen and oxygen atoms in total. The van der Waals surface area contributed by atoms with Crippen LogP contribution in [0.25, 0.3) is 0 Å². The maximum atomic E-state index is 5.97. The van der Waals surface area contributed by atoms with Crippen LogP contribution in [0.2, 0.25) is 5.82 Å². The molecular weight excluding hydrogens is 211 g/mol. The molecule has 100 valence electrons. The van der Waals surface area contributed by atoms with Crippen molar-refractivity contribution in [2.45, 2.75) is 65.6 Å². The molecule has 1 fully saturated rings. The lowest BCUT2D eigenvalue weighted by Crippen LogP contribution is -2.33. The minimum atomic E-state index is 0.0418. The fourth-order valence-electron chi connectivity index (χ4n) is 2.30. The summed E-state index contributed by atoms with van der Waals surface area (Å²) in [6.45, 7) is 10.4. The highest BCUT2D eigenvalue weighted by molar-refractivity contribution is 6.46. The van der Waals surface area contributed by atoms with Crippen molar-refractivity contribution in [3.63, 3.8) is 0 Å². The molecule has 0 aromatic heterocycles. The average Bonchev–Trinajstić information content (AvgIpc) is 2.29. The number of hydrogen-bond donors (Lipinski definition) is 0. The Hall–Kier alpha value is -0.0151. The van der Waals surface area contributed by atoms with Gasteiger partial charge in [0, 0.05) is 13.2 Å². The Morgan fingerprint density at radius 1 is 0.882 bits per heavy atom. The van der Waals surface area contributed by atoms with Crippen LogP contribution in [-0.4, -0.2) is 20.3 Å². The molecular formula is C14H29BO2. The van der Waals surface area contributed by atoms with Crippen LogP contribution in [0.4, 0.5) is 0 Å². The highest BCUT2D eigenvalue weighted by atomic mass is 16.6. The van der Waals surface area contributed by atoms with E-state index in [0.29, 0.717) is 17.7 Å². The van der Waals surface area contributed by atoms with E-state index in [1.807, 2.05) is 0 Å². The first-order chi connectivity index (χ1) is 8.09. The van der Waals surface area contributed by atoms with Crippen molar-refractivity contribution in [1.29, 1.82) is 0 Å². The van der Waals surface area contributed by atoms with Gasteiger partial charge in [-0.15, -0.1) is 0 Å². The molecule has 1 rings (SSSR count). The lowest BCUT2D eigenvalue weighted by molar-refractivity contribution is 0.150. The molecule has 1 aliphatic rings. The van der Waals surface area contributed by atoms with Crippen molar-refractivity contribution in [2.75, 3.05) is 13.2 Å². The molecule has 17 heavy (non-hydrogen) atoms. The van der Waals surface area contributed by atoms with Gasteiger partial charge in [0.2, 0.25) is 0 Å². The Morgan fingerprint density at radius 2 is 1.35 bits per heavy atom. The van der Waals surface area contributed by atoms with Gasteiger partial charge in [-0.1, -0.05) is 59.8 Å². The second kappa shape index (κ2) is 8.15. The molecule has 0 atom stereocenters. The van der Waals surface area contributed by atoms with Crippen LogP contribution in [0.3, 0.4) is 0 Å². The average molecular weight is 240 g/mol. The van der Waals surface area contributed by atoms with Crippen LogP contribution < -0.4 is 0 Å². The Labute approximate surface area is 108 Å². The van der Waals surface area contributed by atoms with E-state index >= 15 is 0 Å². The van der Waals surface area contributed by atoms with Gasteiger partial charge in [-0.2, -0.15) is 0 Å². The second-order valence-corrected chi connectivity index (χ2v) is 6.22. The Bertz CT molecular complexity index is 177. The van der Waals surface area contributed by atoms with Crippen molar-refractivity contribution >= 4 is 7.12 Å². The summed E-state index contributed by atoms with van der Waals surface area (Å²) < 4.78 is 11.9. The Balaban J connectivity index is 2.38. The molecule has 0 saturated heterocycles. The molecule has 0 N–H and O–H groups in total. The SMILES string of the molecule is CC(C)COB(OCC(C)C)C1CCCCC1. The zero-order valence-corrected chi connectivity index (χ0v) is 12.1. The molecule has 0 spiro atoms. The molecule has 0 aromatic carbocycles. The van der Waals surface area contributed by atoms with Gasteiger partial charge >= 0.3 is 7.12 Å². The van der Waals surface area contributed by atoms with Gasteiger partial charge < -0.3 is 9.31 Å². The first kappa shape index (κ1) is 15.0. The van der Waals surface area contributed by atoms with Crippen LogP contribution in [0.1, 0.15) is 59.8 Å². The summed E-state index contributed by atoms with van der Waals surface area (Å²) in [5.41, 5.74) is 0. The van der Waals surface area contributed by atoms with Gasteiger partial charge in [-0.25, -0.2) is 0 Å². The smallest absolute Gasteiger partial charge is 0.411 e. The van der Waals surface area contributed by atoms with Gasteiger partial charge in [0.1, 0.15) is 0 Å². The molecule has 0 radical (unpaired) electrons. The van der Waals surface area contributed by atoms with Gasteiger partial charge in [0.05, 0.1) is 0 Å². The van der Waals surface area contributed by atoms with Crippen LogP contribution in [0.15, 0.2) is 0 Å². The Morgan fingerprint density at radius 3 is 1.76 bits per heavy atom. The normalized spacial score (nSPS) is 18.0. The first-order valence-electron chi connectivity index (χ1n) is 7.32. The molecule has 1 saturated carbocycles. The maximum absolute atomic E-state index is 5.97. The summed E-state index contributed by atoms with van der Waals surface area (Å²) in [6.07, 6.45) is 6.63. The molecule has 0 heterocycles. The predicted octanol–water partition coefficient (Wildman–Crippen LogP) is 4.15. The van der Waals surface area contributed by atoms with E-state index in [1.165, 1.54) is 32.1 Å². The predicted molar refractivity (Wildman–Crippen MR) is 74.2 cm³/mol. The fraction of sp³-hybridized carbons (Fsp3) is 1.00. The molecule has 3 heteroatoms. The van der Waals surface area contributed by atoms with E-state index in [4.69, 9.17) is 9.31 Å². The van der Waals surface area contributed by atoms with Gasteiger partial charge in [0.25, 0.3) is 0 Å². The summed E-state index contributed by atoms with van der Waals surface area (Å²) in [7, 11) is 0.0418. The van der Waals surface area contributed by atoms with Gasteiger partial charge in [-0.3, -0.25) is 0 Å². The first-order valence-corrected chi connectivity index (χ1v) is 7.32. The lowest BCUT2D eigenvalue weighted by Gasteiger charge is -2.27. The van der Waals surface area contributed by atoms with E-state index in [0.717, 1.165) is 13.2 Å². The highest BCUT2D eigenvalue weighted by Crippen LogP contribution is 2.32. The van der Waals surface area contributed by atoms with Crippen molar-refractivity contribution in [3.05, 3.63) is 0 Å². The Kier molecular flexibility index (Phi) is 7.21. The summed E-state index contributed by atoms with van der Waals surface area (Å²) in [4.78, 5) is 0. The summed E-state index contributed by atoms with van der Waals surface area (Å²) >= 11 is 0. The highest BCUT2D eigenvalue weighted by Gasteiger charge is 2.31. The minimum Gasteiger partial charge on any atom is -0.411 e. The second-order valence-electron chi connectivity index (χ2n) is 6.22. The van der Waals surface area contributed by atoms with E-state index in [1.54, 1.807) is 0 Å². The van der Waals surface area contributed by atoms with Crippen molar-refractivity contribution < 1.29 is 9.31 Å². The monoisotopic (exact) mass is 240 g/mol.